The molecule has 0 aromatic heterocycles. The molecule has 104 valence electrons. The van der Waals surface area contributed by atoms with Crippen LogP contribution in [-0.4, -0.2) is 0 Å². The van der Waals surface area contributed by atoms with Crippen molar-refractivity contribution in [3.05, 3.63) is 35.4 Å². The van der Waals surface area contributed by atoms with E-state index in [2.05, 4.69) is 38.1 Å². The van der Waals surface area contributed by atoms with Gasteiger partial charge in [0, 0.05) is 0 Å². The quantitative estimate of drug-likeness (QED) is 0.599. The molecule has 0 nitrogen and oxygen atoms in total. The third kappa shape index (κ3) is 2.57. The van der Waals surface area contributed by atoms with Crippen LogP contribution in [0.25, 0.3) is 0 Å². The number of hydrogen-bond acceptors (Lipinski definition) is 0. The van der Waals surface area contributed by atoms with Crippen LogP contribution in [0.2, 0.25) is 0 Å². The molecule has 0 saturated heterocycles. The van der Waals surface area contributed by atoms with E-state index in [1.807, 2.05) is 0 Å². The van der Waals surface area contributed by atoms with Crippen molar-refractivity contribution in [2.45, 2.75) is 57.2 Å². The van der Waals surface area contributed by atoms with Crippen LogP contribution in [0.5, 0.6) is 0 Å². The molecule has 1 heteroatoms. The van der Waals surface area contributed by atoms with Crippen molar-refractivity contribution in [3.8, 4) is 0 Å². The average Bonchev–Trinajstić information content (AvgIpc) is 3.20. The minimum absolute atomic E-state index is 0.249. The lowest BCUT2D eigenvalue weighted by Gasteiger charge is -2.13. The maximum atomic E-state index is 6.74. The molecule has 2 fully saturated rings. The normalized spacial score (nSPS) is 32.5. The van der Waals surface area contributed by atoms with Gasteiger partial charge in [0.1, 0.15) is 0 Å². The van der Waals surface area contributed by atoms with Crippen molar-refractivity contribution in [2.75, 3.05) is 0 Å². The summed E-state index contributed by atoms with van der Waals surface area (Å²) < 4.78 is 0. The molecule has 3 rings (SSSR count). The molecule has 0 N–H and O–H groups in total. The number of rotatable bonds is 4. The van der Waals surface area contributed by atoms with Gasteiger partial charge in [-0.2, -0.15) is 0 Å². The van der Waals surface area contributed by atoms with E-state index in [9.17, 15) is 0 Å². The summed E-state index contributed by atoms with van der Waals surface area (Å²) in [6.45, 7) is 4.54. The van der Waals surface area contributed by atoms with Crippen LogP contribution in [0, 0.1) is 17.8 Å². The van der Waals surface area contributed by atoms with Gasteiger partial charge < -0.3 is 0 Å². The van der Waals surface area contributed by atoms with Crippen LogP contribution >= 0.6 is 11.6 Å². The summed E-state index contributed by atoms with van der Waals surface area (Å²) in [4.78, 5) is 0. The monoisotopic (exact) mass is 276 g/mol. The first-order valence-electron chi connectivity index (χ1n) is 7.96. The average molecular weight is 277 g/mol. The van der Waals surface area contributed by atoms with E-state index in [4.69, 9.17) is 11.6 Å². The Bertz CT molecular complexity index is 410. The van der Waals surface area contributed by atoms with E-state index < -0.39 is 0 Å². The number of fused-ring (bicyclic) bond motifs is 1. The summed E-state index contributed by atoms with van der Waals surface area (Å²) in [6.07, 6.45) is 6.89. The van der Waals surface area contributed by atoms with Crippen molar-refractivity contribution in [3.63, 3.8) is 0 Å². The fourth-order valence-corrected chi connectivity index (χ4v) is 4.47. The Morgan fingerprint density at radius 3 is 2.11 bits per heavy atom. The third-order valence-electron chi connectivity index (χ3n) is 5.50. The summed E-state index contributed by atoms with van der Waals surface area (Å²) in [7, 11) is 0. The van der Waals surface area contributed by atoms with Crippen LogP contribution in [0.3, 0.4) is 0 Å². The van der Waals surface area contributed by atoms with Crippen molar-refractivity contribution < 1.29 is 0 Å². The first-order valence-corrected chi connectivity index (χ1v) is 8.40. The molecular weight excluding hydrogens is 252 g/mol. The topological polar surface area (TPSA) is 0 Å². The second kappa shape index (κ2) is 5.48. The maximum absolute atomic E-state index is 6.74. The van der Waals surface area contributed by atoms with E-state index in [0.29, 0.717) is 5.92 Å². The third-order valence-corrected chi connectivity index (χ3v) is 6.04. The van der Waals surface area contributed by atoms with Crippen LogP contribution in [0.4, 0.5) is 0 Å². The Balaban J connectivity index is 1.69. The van der Waals surface area contributed by atoms with Gasteiger partial charge in [0.2, 0.25) is 0 Å². The van der Waals surface area contributed by atoms with Crippen LogP contribution < -0.4 is 0 Å². The summed E-state index contributed by atoms with van der Waals surface area (Å²) in [5, 5.41) is 0.249. The molecule has 0 bridgehead atoms. The Kier molecular flexibility index (Phi) is 3.89. The van der Waals surface area contributed by atoms with Gasteiger partial charge in [-0.3, -0.25) is 0 Å². The summed E-state index contributed by atoms with van der Waals surface area (Å²) in [6, 6.07) is 9.10. The predicted octanol–water partition coefficient (Wildman–Crippen LogP) is 5.92. The van der Waals surface area contributed by atoms with Gasteiger partial charge in [-0.1, -0.05) is 51.0 Å². The van der Waals surface area contributed by atoms with Gasteiger partial charge in [-0.05, 0) is 54.1 Å². The van der Waals surface area contributed by atoms with E-state index >= 15 is 0 Å². The zero-order chi connectivity index (χ0) is 13.4. The minimum atomic E-state index is 0.249. The fourth-order valence-electron chi connectivity index (χ4n) is 3.95. The molecule has 0 amide bonds. The van der Waals surface area contributed by atoms with E-state index in [-0.39, 0.29) is 5.38 Å². The number of benzene rings is 1. The molecule has 2 aliphatic rings. The summed E-state index contributed by atoms with van der Waals surface area (Å²) in [5.41, 5.74) is 2.79. The van der Waals surface area contributed by atoms with Crippen molar-refractivity contribution in [1.82, 2.24) is 0 Å². The number of alkyl halides is 1. The molecule has 1 aromatic rings. The highest BCUT2D eigenvalue weighted by Gasteiger charge is 2.53. The Hall–Kier alpha value is -0.490. The molecule has 2 aliphatic carbocycles. The fraction of sp³-hybridized carbons (Fsp3) is 0.667. The first-order chi connectivity index (χ1) is 9.22. The second-order valence-electron chi connectivity index (χ2n) is 6.57. The van der Waals surface area contributed by atoms with Crippen LogP contribution in [0.1, 0.15) is 68.4 Å². The molecule has 0 spiro atoms. The second-order valence-corrected chi connectivity index (χ2v) is 7.04. The first kappa shape index (κ1) is 13.5. The van der Waals surface area contributed by atoms with Crippen molar-refractivity contribution in [1.29, 1.82) is 0 Å². The number of halogens is 1. The van der Waals surface area contributed by atoms with Gasteiger partial charge in [0.25, 0.3) is 0 Å². The largest absolute Gasteiger partial charge is 0.117 e. The van der Waals surface area contributed by atoms with E-state index in [1.54, 1.807) is 0 Å². The van der Waals surface area contributed by atoms with Gasteiger partial charge in [0.05, 0.1) is 5.38 Å². The summed E-state index contributed by atoms with van der Waals surface area (Å²) in [5.74, 6) is 3.29. The highest BCUT2D eigenvalue weighted by atomic mass is 35.5. The molecule has 0 aliphatic heterocycles. The Labute approximate surface area is 122 Å². The zero-order valence-electron chi connectivity index (χ0n) is 12.1. The highest BCUT2D eigenvalue weighted by Crippen LogP contribution is 2.62. The zero-order valence-corrected chi connectivity index (χ0v) is 12.9. The van der Waals surface area contributed by atoms with E-state index in [1.165, 1.54) is 43.2 Å². The molecule has 0 heterocycles. The van der Waals surface area contributed by atoms with Gasteiger partial charge in [-0.25, -0.2) is 0 Å². The van der Waals surface area contributed by atoms with Gasteiger partial charge in [0.15, 0.2) is 0 Å². The smallest absolute Gasteiger partial charge is 0.0618 e. The lowest BCUT2D eigenvalue weighted by atomic mass is 9.96. The molecule has 2 saturated carbocycles. The molecule has 4 atom stereocenters. The number of hydrogen-bond donors (Lipinski definition) is 0. The minimum Gasteiger partial charge on any atom is -0.117 e. The standard InChI is InChI=1S/C18H25Cl/c1-3-12(2)13-8-10-14(11-9-13)18(19)17-15-6-4-5-7-16(15)17/h8-12,15-18H,3-7H2,1-2H3. The Morgan fingerprint density at radius 2 is 1.58 bits per heavy atom. The van der Waals surface area contributed by atoms with Gasteiger partial charge in [-0.15, -0.1) is 11.6 Å². The van der Waals surface area contributed by atoms with Gasteiger partial charge >= 0.3 is 0 Å². The SMILES string of the molecule is CCC(C)c1ccc(C(Cl)C2C3CCCCC32)cc1. The molecular formula is C18H25Cl. The van der Waals surface area contributed by atoms with Crippen molar-refractivity contribution >= 4 is 11.6 Å². The van der Waals surface area contributed by atoms with E-state index in [0.717, 1.165) is 17.8 Å². The molecule has 0 radical (unpaired) electrons. The van der Waals surface area contributed by atoms with Crippen molar-refractivity contribution in [2.24, 2.45) is 17.8 Å². The Morgan fingerprint density at radius 1 is 1.05 bits per heavy atom. The summed E-state index contributed by atoms with van der Waals surface area (Å²) >= 11 is 6.74. The lowest BCUT2D eigenvalue weighted by Crippen LogP contribution is -1.97. The lowest BCUT2D eigenvalue weighted by molar-refractivity contribution is 0.480. The predicted molar refractivity (Wildman–Crippen MR) is 82.7 cm³/mol. The molecule has 4 unspecified atom stereocenters. The van der Waals surface area contributed by atoms with Crippen LogP contribution in [0.15, 0.2) is 24.3 Å². The molecule has 19 heavy (non-hydrogen) atoms. The highest BCUT2D eigenvalue weighted by molar-refractivity contribution is 6.21. The molecule has 1 aromatic carbocycles. The van der Waals surface area contributed by atoms with Crippen LogP contribution in [-0.2, 0) is 0 Å². The maximum Gasteiger partial charge on any atom is 0.0618 e.